The van der Waals surface area contributed by atoms with Gasteiger partial charge in [0.1, 0.15) is 17.7 Å². The van der Waals surface area contributed by atoms with Crippen LogP contribution in [0.3, 0.4) is 0 Å². The summed E-state index contributed by atoms with van der Waals surface area (Å²) in [6.07, 6.45) is -0.923. The smallest absolute Gasteiger partial charge is 0.143 e. The van der Waals surface area contributed by atoms with Gasteiger partial charge in [-0.2, -0.15) is 0 Å². The van der Waals surface area contributed by atoms with Gasteiger partial charge in [0.2, 0.25) is 0 Å². The molecule has 3 aromatic carbocycles. The van der Waals surface area contributed by atoms with Crippen molar-refractivity contribution in [2.24, 2.45) is 0 Å². The summed E-state index contributed by atoms with van der Waals surface area (Å²) in [4.78, 5) is 2.13. The summed E-state index contributed by atoms with van der Waals surface area (Å²) in [7, 11) is 1.80. The predicted octanol–water partition coefficient (Wildman–Crippen LogP) is 4.09. The van der Waals surface area contributed by atoms with Crippen LogP contribution < -0.4 is 15.0 Å². The van der Waals surface area contributed by atoms with Gasteiger partial charge >= 0.3 is 0 Å². The summed E-state index contributed by atoms with van der Waals surface area (Å²) in [5.74, 6) is 0.441. The van der Waals surface area contributed by atoms with Gasteiger partial charge in [-0.05, 0) is 42.4 Å². The Kier molecular flexibility index (Phi) is 5.79. The summed E-state index contributed by atoms with van der Waals surface area (Å²) < 4.78 is 20.3. The number of halogens is 1. The molecule has 0 spiro atoms. The van der Waals surface area contributed by atoms with Gasteiger partial charge in [0.05, 0.1) is 24.4 Å². The number of fused-ring (bicyclic) bond motifs is 1. The molecule has 29 heavy (non-hydrogen) atoms. The minimum Gasteiger partial charge on any atom is -0.482 e. The van der Waals surface area contributed by atoms with Crippen molar-refractivity contribution in [2.75, 3.05) is 25.0 Å². The minimum atomic E-state index is -0.732. The van der Waals surface area contributed by atoms with E-state index in [1.165, 1.54) is 12.1 Å². The molecule has 1 heterocycles. The van der Waals surface area contributed by atoms with Crippen molar-refractivity contribution < 1.29 is 14.2 Å². The topological polar surface area (TPSA) is 44.7 Å². The highest BCUT2D eigenvalue weighted by molar-refractivity contribution is 5.62. The molecule has 0 aliphatic carbocycles. The Morgan fingerprint density at radius 1 is 1.07 bits per heavy atom. The SMILES string of the molecule is CNC[C@@H](O)[C@H](c1cccc(F)c1)N1CC(c2ccccc2)Oc2ccccc21. The van der Waals surface area contributed by atoms with E-state index >= 15 is 0 Å². The highest BCUT2D eigenvalue weighted by Gasteiger charge is 2.35. The Morgan fingerprint density at radius 2 is 1.83 bits per heavy atom. The number of rotatable bonds is 6. The van der Waals surface area contributed by atoms with E-state index in [0.717, 1.165) is 22.6 Å². The summed E-state index contributed by atoms with van der Waals surface area (Å²) in [6, 6.07) is 23.9. The second-order valence-corrected chi connectivity index (χ2v) is 7.26. The average Bonchev–Trinajstić information content (AvgIpc) is 2.75. The van der Waals surface area contributed by atoms with Crippen LogP contribution in [0.1, 0.15) is 23.3 Å². The van der Waals surface area contributed by atoms with Crippen molar-refractivity contribution in [1.29, 1.82) is 0 Å². The van der Waals surface area contributed by atoms with E-state index in [1.54, 1.807) is 13.1 Å². The first kappa shape index (κ1) is 19.4. The highest BCUT2D eigenvalue weighted by Crippen LogP contribution is 2.43. The number of hydrogen-bond acceptors (Lipinski definition) is 4. The first-order chi connectivity index (χ1) is 14.2. The number of nitrogens with one attached hydrogen (secondary N) is 1. The molecule has 0 radical (unpaired) electrons. The van der Waals surface area contributed by atoms with Gasteiger partial charge in [0.15, 0.2) is 0 Å². The van der Waals surface area contributed by atoms with E-state index < -0.39 is 12.1 Å². The van der Waals surface area contributed by atoms with Crippen LogP contribution in [0.4, 0.5) is 10.1 Å². The number of anilines is 1. The van der Waals surface area contributed by atoms with E-state index in [1.807, 2.05) is 60.7 Å². The molecule has 0 bridgehead atoms. The summed E-state index contributed by atoms with van der Waals surface area (Å²) >= 11 is 0. The van der Waals surface area contributed by atoms with E-state index in [-0.39, 0.29) is 11.9 Å². The van der Waals surface area contributed by atoms with Crippen molar-refractivity contribution in [2.45, 2.75) is 18.2 Å². The zero-order chi connectivity index (χ0) is 20.2. The van der Waals surface area contributed by atoms with Gasteiger partial charge in [0.25, 0.3) is 0 Å². The standard InChI is InChI=1S/C24H25FN2O2/c1-26-15-21(28)24(18-10-7-11-19(25)14-18)27-16-23(17-8-3-2-4-9-17)29-22-13-6-5-12-20(22)27/h2-14,21,23-24,26,28H,15-16H2,1H3/t21-,23?,24+/m1/s1. The van der Waals surface area contributed by atoms with Gasteiger partial charge in [-0.15, -0.1) is 0 Å². The lowest BCUT2D eigenvalue weighted by Gasteiger charge is -2.43. The van der Waals surface area contributed by atoms with Crippen molar-refractivity contribution in [3.8, 4) is 5.75 Å². The van der Waals surface area contributed by atoms with Crippen LogP contribution >= 0.6 is 0 Å². The van der Waals surface area contributed by atoms with Crippen LogP contribution in [-0.2, 0) is 0 Å². The van der Waals surface area contributed by atoms with Crippen molar-refractivity contribution in [3.05, 3.63) is 95.8 Å². The Labute approximate surface area is 170 Å². The third-order valence-corrected chi connectivity index (χ3v) is 5.28. The average molecular weight is 392 g/mol. The second kappa shape index (κ2) is 8.64. The van der Waals surface area contributed by atoms with E-state index in [9.17, 15) is 9.50 Å². The molecule has 0 saturated heterocycles. The fraction of sp³-hybridized carbons (Fsp3) is 0.250. The number of hydrogen-bond donors (Lipinski definition) is 2. The lowest BCUT2D eigenvalue weighted by atomic mass is 9.96. The Bertz CT molecular complexity index is 950. The molecule has 3 atom stereocenters. The summed E-state index contributed by atoms with van der Waals surface area (Å²) in [6.45, 7) is 0.930. The number of benzene rings is 3. The Hall–Kier alpha value is -2.89. The number of aliphatic hydroxyl groups excluding tert-OH is 1. The predicted molar refractivity (Wildman–Crippen MR) is 113 cm³/mol. The van der Waals surface area contributed by atoms with Crippen LogP contribution in [0.15, 0.2) is 78.9 Å². The van der Waals surface area contributed by atoms with Crippen LogP contribution in [0.5, 0.6) is 5.75 Å². The number of ether oxygens (including phenoxy) is 1. The monoisotopic (exact) mass is 392 g/mol. The quantitative estimate of drug-likeness (QED) is 0.663. The fourth-order valence-electron chi connectivity index (χ4n) is 3.99. The first-order valence-electron chi connectivity index (χ1n) is 9.83. The molecule has 1 unspecified atom stereocenters. The largest absolute Gasteiger partial charge is 0.482 e. The second-order valence-electron chi connectivity index (χ2n) is 7.26. The van der Waals surface area contributed by atoms with Gasteiger partial charge in [-0.3, -0.25) is 0 Å². The lowest BCUT2D eigenvalue weighted by Crippen LogP contribution is -2.45. The van der Waals surface area contributed by atoms with Crippen LogP contribution in [0, 0.1) is 5.82 Å². The van der Waals surface area contributed by atoms with Gasteiger partial charge in [-0.1, -0.05) is 54.6 Å². The molecular formula is C24H25FN2O2. The van der Waals surface area contributed by atoms with Crippen molar-refractivity contribution in [1.82, 2.24) is 5.32 Å². The van der Waals surface area contributed by atoms with Crippen LogP contribution in [-0.4, -0.2) is 31.3 Å². The van der Waals surface area contributed by atoms with Crippen molar-refractivity contribution >= 4 is 5.69 Å². The molecular weight excluding hydrogens is 367 g/mol. The Balaban J connectivity index is 1.79. The third-order valence-electron chi connectivity index (χ3n) is 5.28. The van der Waals surface area contributed by atoms with E-state index in [0.29, 0.717) is 13.1 Å². The molecule has 0 saturated carbocycles. The Morgan fingerprint density at radius 3 is 2.59 bits per heavy atom. The molecule has 5 heteroatoms. The number of likely N-dealkylation sites (N-methyl/N-ethyl adjacent to an activating group) is 1. The minimum absolute atomic E-state index is 0.191. The normalized spacial score (nSPS) is 17.9. The zero-order valence-electron chi connectivity index (χ0n) is 16.3. The maximum atomic E-state index is 14.0. The lowest BCUT2D eigenvalue weighted by molar-refractivity contribution is 0.124. The van der Waals surface area contributed by atoms with Crippen molar-refractivity contribution in [3.63, 3.8) is 0 Å². The third kappa shape index (κ3) is 4.11. The number of aliphatic hydroxyl groups is 1. The molecule has 2 N–H and O–H groups in total. The maximum absolute atomic E-state index is 14.0. The van der Waals surface area contributed by atoms with Gasteiger partial charge < -0.3 is 20.1 Å². The van der Waals surface area contributed by atoms with E-state index in [2.05, 4.69) is 10.2 Å². The molecule has 4 rings (SSSR count). The molecule has 4 nitrogen and oxygen atoms in total. The van der Waals surface area contributed by atoms with Crippen LogP contribution in [0.2, 0.25) is 0 Å². The van der Waals surface area contributed by atoms with E-state index in [4.69, 9.17) is 4.74 Å². The van der Waals surface area contributed by atoms with Gasteiger partial charge in [0, 0.05) is 6.54 Å². The summed E-state index contributed by atoms with van der Waals surface area (Å²) in [5, 5.41) is 14.1. The molecule has 1 aliphatic rings. The fourth-order valence-corrected chi connectivity index (χ4v) is 3.99. The molecule has 150 valence electrons. The summed E-state index contributed by atoms with van der Waals surface area (Å²) in [5.41, 5.74) is 2.69. The van der Waals surface area contributed by atoms with Gasteiger partial charge in [-0.25, -0.2) is 4.39 Å². The molecule has 1 aliphatic heterocycles. The molecule has 0 amide bonds. The highest BCUT2D eigenvalue weighted by atomic mass is 19.1. The maximum Gasteiger partial charge on any atom is 0.143 e. The number of para-hydroxylation sites is 2. The molecule has 0 aromatic heterocycles. The number of nitrogens with zero attached hydrogens (tertiary/aromatic N) is 1. The molecule has 0 fully saturated rings. The van der Waals surface area contributed by atoms with Crippen LogP contribution in [0.25, 0.3) is 0 Å². The first-order valence-corrected chi connectivity index (χ1v) is 9.83. The zero-order valence-corrected chi connectivity index (χ0v) is 16.3. The molecule has 3 aromatic rings.